The second-order valence-electron chi connectivity index (χ2n) is 5.76. The van der Waals surface area contributed by atoms with Gasteiger partial charge in [-0.15, -0.1) is 0 Å². The van der Waals surface area contributed by atoms with Gasteiger partial charge in [0, 0.05) is 13.5 Å². The van der Waals surface area contributed by atoms with E-state index in [9.17, 15) is 9.90 Å². The van der Waals surface area contributed by atoms with Crippen LogP contribution in [0.25, 0.3) is 0 Å². The molecule has 1 rings (SSSR count). The van der Waals surface area contributed by atoms with Crippen LogP contribution in [0.2, 0.25) is 0 Å². The summed E-state index contributed by atoms with van der Waals surface area (Å²) in [7, 11) is 1.78. The van der Waals surface area contributed by atoms with Crippen molar-refractivity contribution < 1.29 is 9.90 Å². The molecule has 21 heavy (non-hydrogen) atoms. The highest BCUT2D eigenvalue weighted by atomic mass is 16.3. The predicted molar refractivity (Wildman–Crippen MR) is 87.0 cm³/mol. The number of hydrogen-bond donors (Lipinski definition) is 1. The van der Waals surface area contributed by atoms with Crippen molar-refractivity contribution in [1.82, 2.24) is 4.90 Å². The average Bonchev–Trinajstić information content (AvgIpc) is 2.53. The molecule has 0 fully saturated rings. The molecule has 0 aromatic heterocycles. The summed E-state index contributed by atoms with van der Waals surface area (Å²) in [5, 5.41) is 10.4. The Bertz CT molecular complexity index is 405. The maximum Gasteiger partial charge on any atom is 0.222 e. The smallest absolute Gasteiger partial charge is 0.222 e. The summed E-state index contributed by atoms with van der Waals surface area (Å²) in [5.74, 6) is 0.119. The van der Waals surface area contributed by atoms with E-state index in [2.05, 4.69) is 6.92 Å². The zero-order chi connectivity index (χ0) is 15.7. The number of aliphatic hydroxyl groups excluding tert-OH is 1. The van der Waals surface area contributed by atoms with Gasteiger partial charge in [0.15, 0.2) is 0 Å². The van der Waals surface area contributed by atoms with Gasteiger partial charge in [-0.3, -0.25) is 4.79 Å². The van der Waals surface area contributed by atoms with Crippen molar-refractivity contribution >= 4 is 5.91 Å². The molecule has 0 aliphatic carbocycles. The number of aliphatic hydroxyl groups is 1. The van der Waals surface area contributed by atoms with Gasteiger partial charge in [-0.1, -0.05) is 62.9 Å². The van der Waals surface area contributed by atoms with E-state index < -0.39 is 6.10 Å². The van der Waals surface area contributed by atoms with Crippen LogP contribution in [0.3, 0.4) is 0 Å². The summed E-state index contributed by atoms with van der Waals surface area (Å²) in [5.41, 5.74) is 0.854. The number of likely N-dealkylation sites (N-methyl/N-ethyl adjacent to an activating group) is 1. The maximum atomic E-state index is 12.2. The van der Waals surface area contributed by atoms with E-state index in [4.69, 9.17) is 0 Å². The Morgan fingerprint density at radius 2 is 1.76 bits per heavy atom. The lowest BCUT2D eigenvalue weighted by molar-refractivity contribution is -0.134. The van der Waals surface area contributed by atoms with Gasteiger partial charge < -0.3 is 10.0 Å². The van der Waals surface area contributed by atoms with E-state index >= 15 is 0 Å². The van der Waals surface area contributed by atoms with E-state index in [-0.39, 0.29) is 11.9 Å². The minimum absolute atomic E-state index is 0.119. The van der Waals surface area contributed by atoms with Crippen LogP contribution in [0.15, 0.2) is 30.3 Å². The first-order chi connectivity index (χ1) is 10.1. The SMILES string of the molecule is CCCCCCCC(=O)N(C)C(C)C(O)c1ccccc1. The predicted octanol–water partition coefficient (Wildman–Crippen LogP) is 3.93. The van der Waals surface area contributed by atoms with E-state index in [0.29, 0.717) is 6.42 Å². The highest BCUT2D eigenvalue weighted by Crippen LogP contribution is 2.20. The van der Waals surface area contributed by atoms with Crippen molar-refractivity contribution in [1.29, 1.82) is 0 Å². The van der Waals surface area contributed by atoms with Crippen molar-refractivity contribution in [3.63, 3.8) is 0 Å². The normalized spacial score (nSPS) is 13.7. The van der Waals surface area contributed by atoms with Crippen molar-refractivity contribution in [2.24, 2.45) is 0 Å². The van der Waals surface area contributed by atoms with E-state index in [1.807, 2.05) is 37.3 Å². The Morgan fingerprint density at radius 1 is 1.14 bits per heavy atom. The third-order valence-corrected chi connectivity index (χ3v) is 4.10. The van der Waals surface area contributed by atoms with Gasteiger partial charge in [-0.25, -0.2) is 0 Å². The summed E-state index contributed by atoms with van der Waals surface area (Å²) in [6.45, 7) is 4.08. The standard InChI is InChI=1S/C18H29NO2/c1-4-5-6-7-11-14-17(20)19(3)15(2)18(21)16-12-9-8-10-13-16/h8-10,12-13,15,18,21H,4-7,11,14H2,1-3H3. The van der Waals surface area contributed by atoms with Crippen molar-refractivity contribution in [3.05, 3.63) is 35.9 Å². The topological polar surface area (TPSA) is 40.5 Å². The molecular formula is C18H29NO2. The first-order valence-corrected chi connectivity index (χ1v) is 8.06. The molecule has 0 aliphatic rings. The highest BCUT2D eigenvalue weighted by molar-refractivity contribution is 5.76. The quantitative estimate of drug-likeness (QED) is 0.700. The van der Waals surface area contributed by atoms with E-state index in [0.717, 1.165) is 18.4 Å². The van der Waals surface area contributed by atoms with Gasteiger partial charge in [-0.05, 0) is 18.9 Å². The van der Waals surface area contributed by atoms with Gasteiger partial charge >= 0.3 is 0 Å². The highest BCUT2D eigenvalue weighted by Gasteiger charge is 2.23. The van der Waals surface area contributed by atoms with Crippen LogP contribution in [0.4, 0.5) is 0 Å². The largest absolute Gasteiger partial charge is 0.386 e. The molecule has 3 heteroatoms. The zero-order valence-corrected chi connectivity index (χ0v) is 13.6. The summed E-state index contributed by atoms with van der Waals surface area (Å²) >= 11 is 0. The molecule has 0 radical (unpaired) electrons. The molecule has 0 saturated carbocycles. The molecule has 1 aromatic rings. The fourth-order valence-electron chi connectivity index (χ4n) is 2.42. The van der Waals surface area contributed by atoms with Crippen LogP contribution < -0.4 is 0 Å². The lowest BCUT2D eigenvalue weighted by Crippen LogP contribution is -2.38. The number of benzene rings is 1. The molecule has 0 saturated heterocycles. The van der Waals surface area contributed by atoms with Gasteiger partial charge in [0.05, 0.1) is 12.1 Å². The third-order valence-electron chi connectivity index (χ3n) is 4.10. The van der Waals surface area contributed by atoms with Crippen molar-refractivity contribution in [2.45, 2.75) is 64.5 Å². The number of amides is 1. The molecule has 2 unspecified atom stereocenters. The lowest BCUT2D eigenvalue weighted by atomic mass is 10.0. The Kier molecular flexibility index (Phi) is 8.06. The number of carbonyl (C=O) groups is 1. The summed E-state index contributed by atoms with van der Waals surface area (Å²) in [4.78, 5) is 13.8. The average molecular weight is 291 g/mol. The van der Waals surface area contributed by atoms with Crippen molar-refractivity contribution in [2.75, 3.05) is 7.05 Å². The Balaban J connectivity index is 2.42. The summed E-state index contributed by atoms with van der Waals surface area (Å²) in [6, 6.07) is 9.30. The van der Waals surface area contributed by atoms with Crippen LogP contribution in [-0.4, -0.2) is 29.0 Å². The Morgan fingerprint density at radius 3 is 2.38 bits per heavy atom. The van der Waals surface area contributed by atoms with Crippen LogP contribution in [-0.2, 0) is 4.79 Å². The monoisotopic (exact) mass is 291 g/mol. The third kappa shape index (κ3) is 5.88. The molecule has 0 spiro atoms. The van der Waals surface area contributed by atoms with Crippen LogP contribution in [0, 0.1) is 0 Å². The fourth-order valence-corrected chi connectivity index (χ4v) is 2.42. The fraction of sp³-hybridized carbons (Fsp3) is 0.611. The Labute approximate surface area is 129 Å². The molecule has 0 bridgehead atoms. The number of nitrogens with zero attached hydrogens (tertiary/aromatic N) is 1. The van der Waals surface area contributed by atoms with Gasteiger partial charge in [0.25, 0.3) is 0 Å². The molecule has 1 amide bonds. The molecule has 3 nitrogen and oxygen atoms in total. The first kappa shape index (κ1) is 17.7. The zero-order valence-electron chi connectivity index (χ0n) is 13.6. The molecule has 1 aromatic carbocycles. The minimum Gasteiger partial charge on any atom is -0.386 e. The van der Waals surface area contributed by atoms with Crippen LogP contribution in [0.1, 0.15) is 64.0 Å². The Hall–Kier alpha value is -1.35. The number of rotatable bonds is 9. The molecule has 1 N–H and O–H groups in total. The first-order valence-electron chi connectivity index (χ1n) is 8.06. The van der Waals surface area contributed by atoms with Crippen LogP contribution >= 0.6 is 0 Å². The van der Waals surface area contributed by atoms with Gasteiger partial charge in [0.1, 0.15) is 0 Å². The van der Waals surface area contributed by atoms with E-state index in [1.165, 1.54) is 19.3 Å². The second kappa shape index (κ2) is 9.56. The van der Waals surface area contributed by atoms with E-state index in [1.54, 1.807) is 11.9 Å². The second-order valence-corrected chi connectivity index (χ2v) is 5.76. The number of carbonyl (C=O) groups excluding carboxylic acids is 1. The number of unbranched alkanes of at least 4 members (excludes halogenated alkanes) is 4. The molecule has 2 atom stereocenters. The molecule has 118 valence electrons. The summed E-state index contributed by atoms with van der Waals surface area (Å²) < 4.78 is 0. The lowest BCUT2D eigenvalue weighted by Gasteiger charge is -2.29. The molecule has 0 heterocycles. The van der Waals surface area contributed by atoms with Gasteiger partial charge in [-0.2, -0.15) is 0 Å². The minimum atomic E-state index is -0.639. The van der Waals surface area contributed by atoms with Gasteiger partial charge in [0.2, 0.25) is 5.91 Å². The number of hydrogen-bond acceptors (Lipinski definition) is 2. The maximum absolute atomic E-state index is 12.2. The molecule has 0 aliphatic heterocycles. The summed E-state index contributed by atoms with van der Waals surface area (Å²) in [6.07, 6.45) is 5.66. The molecular weight excluding hydrogens is 262 g/mol. The van der Waals surface area contributed by atoms with Crippen LogP contribution in [0.5, 0.6) is 0 Å². The van der Waals surface area contributed by atoms with Crippen molar-refractivity contribution in [3.8, 4) is 0 Å².